The van der Waals surface area contributed by atoms with Gasteiger partial charge in [0.1, 0.15) is 0 Å². The summed E-state index contributed by atoms with van der Waals surface area (Å²) in [5.41, 5.74) is 1.47. The first-order chi connectivity index (χ1) is 9.40. The van der Waals surface area contributed by atoms with Gasteiger partial charge in [0.2, 0.25) is 0 Å². The first-order valence-electron chi connectivity index (χ1n) is 7.79. The highest BCUT2D eigenvalue weighted by Gasteiger charge is 2.18. The first kappa shape index (κ1) is 14.9. The van der Waals surface area contributed by atoms with Gasteiger partial charge in [-0.15, -0.1) is 0 Å². The fourth-order valence-corrected chi connectivity index (χ4v) is 3.89. The normalized spacial score (nSPS) is 18.4. The molecule has 1 heterocycles. The molecular formula is C17H27NS. The Bertz CT molecular complexity index is 332. The molecule has 1 aliphatic rings. The zero-order chi connectivity index (χ0) is 13.3. The van der Waals surface area contributed by atoms with Crippen LogP contribution in [0, 0.1) is 0 Å². The lowest BCUT2D eigenvalue weighted by Gasteiger charge is -2.29. The zero-order valence-electron chi connectivity index (χ0n) is 12.1. The topological polar surface area (TPSA) is 12.0 Å². The maximum absolute atomic E-state index is 3.92. The fourth-order valence-electron chi connectivity index (χ4n) is 2.78. The van der Waals surface area contributed by atoms with Crippen LogP contribution < -0.4 is 5.32 Å². The number of unbranched alkanes of at least 4 members (excludes halogenated alkanes) is 2. The van der Waals surface area contributed by atoms with Gasteiger partial charge in [-0.1, -0.05) is 56.5 Å². The number of benzene rings is 1. The molecule has 2 heteroatoms. The Hall–Kier alpha value is -0.470. The van der Waals surface area contributed by atoms with Crippen LogP contribution in [0.3, 0.4) is 0 Å². The smallest absolute Gasteiger partial charge is 0.0322 e. The van der Waals surface area contributed by atoms with Crippen molar-refractivity contribution < 1.29 is 0 Å². The van der Waals surface area contributed by atoms with E-state index in [0.29, 0.717) is 6.04 Å². The summed E-state index contributed by atoms with van der Waals surface area (Å²) in [5.74, 6) is 2.66. The van der Waals surface area contributed by atoms with E-state index in [-0.39, 0.29) is 0 Å². The van der Waals surface area contributed by atoms with Gasteiger partial charge < -0.3 is 5.32 Å². The lowest BCUT2D eigenvalue weighted by molar-refractivity contribution is 0.388. The van der Waals surface area contributed by atoms with Crippen LogP contribution in [0.15, 0.2) is 30.3 Å². The highest BCUT2D eigenvalue weighted by molar-refractivity contribution is 7.99. The van der Waals surface area contributed by atoms with Gasteiger partial charge in [0, 0.05) is 12.1 Å². The van der Waals surface area contributed by atoms with E-state index in [0.717, 1.165) is 6.04 Å². The molecule has 0 spiro atoms. The van der Waals surface area contributed by atoms with E-state index < -0.39 is 0 Å². The maximum Gasteiger partial charge on any atom is 0.0322 e. The molecule has 0 aliphatic carbocycles. The van der Waals surface area contributed by atoms with Gasteiger partial charge in [0.15, 0.2) is 0 Å². The molecule has 1 N–H and O–H groups in total. The second-order valence-electron chi connectivity index (χ2n) is 5.51. The summed E-state index contributed by atoms with van der Waals surface area (Å²) in [6, 6.07) is 12.3. The van der Waals surface area contributed by atoms with E-state index >= 15 is 0 Å². The van der Waals surface area contributed by atoms with Crippen LogP contribution in [-0.4, -0.2) is 17.5 Å². The van der Waals surface area contributed by atoms with Crippen LogP contribution in [0.2, 0.25) is 0 Å². The largest absolute Gasteiger partial charge is 0.307 e. The van der Waals surface area contributed by atoms with Gasteiger partial charge in [-0.3, -0.25) is 0 Å². The Kier molecular flexibility index (Phi) is 6.80. The molecule has 0 radical (unpaired) electrons. The Labute approximate surface area is 122 Å². The number of rotatable bonds is 7. The Balaban J connectivity index is 1.92. The van der Waals surface area contributed by atoms with Crippen molar-refractivity contribution in [3.05, 3.63) is 35.9 Å². The minimum Gasteiger partial charge on any atom is -0.307 e. The third-order valence-electron chi connectivity index (χ3n) is 3.96. The number of hydrogen-bond donors (Lipinski definition) is 1. The van der Waals surface area contributed by atoms with Crippen molar-refractivity contribution in [1.29, 1.82) is 0 Å². The van der Waals surface area contributed by atoms with Crippen LogP contribution in [0.4, 0.5) is 0 Å². The standard InChI is InChI=1S/C17H27NS/c1-2-3-5-10-17(15-8-6-4-7-9-15)18-16-11-13-19-14-12-16/h4,6-9,16-18H,2-3,5,10-14H2,1H3. The van der Waals surface area contributed by atoms with Gasteiger partial charge in [-0.05, 0) is 36.3 Å². The minimum absolute atomic E-state index is 0.556. The third-order valence-corrected chi connectivity index (χ3v) is 5.01. The van der Waals surface area contributed by atoms with E-state index in [1.165, 1.54) is 55.6 Å². The fraction of sp³-hybridized carbons (Fsp3) is 0.647. The van der Waals surface area contributed by atoms with Crippen LogP contribution in [0.1, 0.15) is 57.1 Å². The molecule has 0 aromatic heterocycles. The van der Waals surface area contributed by atoms with Crippen LogP contribution >= 0.6 is 11.8 Å². The van der Waals surface area contributed by atoms with Crippen LogP contribution in [0.5, 0.6) is 0 Å². The summed E-state index contributed by atoms with van der Waals surface area (Å²) in [6.07, 6.45) is 7.95. The predicted octanol–water partition coefficient (Wildman–Crippen LogP) is 4.79. The quantitative estimate of drug-likeness (QED) is 0.719. The summed E-state index contributed by atoms with van der Waals surface area (Å²) in [6.45, 7) is 2.28. The maximum atomic E-state index is 3.92. The molecule has 0 amide bonds. The molecule has 106 valence electrons. The van der Waals surface area contributed by atoms with E-state index in [1.54, 1.807) is 0 Å². The second-order valence-corrected chi connectivity index (χ2v) is 6.74. The molecule has 1 saturated heterocycles. The summed E-state index contributed by atoms with van der Waals surface area (Å²) >= 11 is 2.10. The third kappa shape index (κ3) is 5.19. The van der Waals surface area contributed by atoms with E-state index in [2.05, 4.69) is 54.3 Å². The molecule has 1 unspecified atom stereocenters. The first-order valence-corrected chi connectivity index (χ1v) is 8.94. The summed E-state index contributed by atoms with van der Waals surface area (Å²) in [4.78, 5) is 0. The number of hydrogen-bond acceptors (Lipinski definition) is 2. The zero-order valence-corrected chi connectivity index (χ0v) is 12.9. The van der Waals surface area contributed by atoms with Gasteiger partial charge in [-0.2, -0.15) is 11.8 Å². The van der Waals surface area contributed by atoms with Crippen LogP contribution in [0.25, 0.3) is 0 Å². The molecule has 1 aromatic carbocycles. The van der Waals surface area contributed by atoms with Gasteiger partial charge in [0.05, 0.1) is 0 Å². The molecule has 1 fully saturated rings. The van der Waals surface area contributed by atoms with Gasteiger partial charge in [0.25, 0.3) is 0 Å². The summed E-state index contributed by atoms with van der Waals surface area (Å²) < 4.78 is 0. The predicted molar refractivity (Wildman–Crippen MR) is 86.8 cm³/mol. The van der Waals surface area contributed by atoms with Crippen LogP contribution in [-0.2, 0) is 0 Å². The van der Waals surface area contributed by atoms with Gasteiger partial charge in [-0.25, -0.2) is 0 Å². The van der Waals surface area contributed by atoms with Crippen molar-refractivity contribution in [2.75, 3.05) is 11.5 Å². The van der Waals surface area contributed by atoms with Crippen molar-refractivity contribution >= 4 is 11.8 Å². The van der Waals surface area contributed by atoms with E-state index in [1.807, 2.05) is 0 Å². The van der Waals surface area contributed by atoms with Crippen molar-refractivity contribution in [2.45, 2.75) is 57.5 Å². The molecule has 0 saturated carbocycles. The second kappa shape index (κ2) is 8.65. The molecule has 1 nitrogen and oxygen atoms in total. The van der Waals surface area contributed by atoms with E-state index in [4.69, 9.17) is 0 Å². The molecule has 2 rings (SSSR count). The minimum atomic E-state index is 0.556. The van der Waals surface area contributed by atoms with Crippen molar-refractivity contribution in [1.82, 2.24) is 5.32 Å². The van der Waals surface area contributed by atoms with Crippen molar-refractivity contribution in [2.24, 2.45) is 0 Å². The summed E-state index contributed by atoms with van der Waals surface area (Å²) in [5, 5.41) is 3.92. The molecule has 19 heavy (non-hydrogen) atoms. The lowest BCUT2D eigenvalue weighted by atomic mass is 9.98. The Morgan fingerprint density at radius 1 is 1.16 bits per heavy atom. The monoisotopic (exact) mass is 277 g/mol. The molecule has 1 atom stereocenters. The highest BCUT2D eigenvalue weighted by Crippen LogP contribution is 2.24. The average molecular weight is 277 g/mol. The van der Waals surface area contributed by atoms with E-state index in [9.17, 15) is 0 Å². The molecular weight excluding hydrogens is 250 g/mol. The highest BCUT2D eigenvalue weighted by atomic mass is 32.2. The molecule has 1 aromatic rings. The average Bonchev–Trinajstić information content (AvgIpc) is 2.48. The Morgan fingerprint density at radius 3 is 2.58 bits per heavy atom. The van der Waals surface area contributed by atoms with Crippen molar-refractivity contribution in [3.8, 4) is 0 Å². The van der Waals surface area contributed by atoms with Gasteiger partial charge >= 0.3 is 0 Å². The molecule has 1 aliphatic heterocycles. The lowest BCUT2D eigenvalue weighted by Crippen LogP contribution is -2.35. The Morgan fingerprint density at radius 2 is 1.89 bits per heavy atom. The van der Waals surface area contributed by atoms with Crippen molar-refractivity contribution in [3.63, 3.8) is 0 Å². The molecule has 0 bridgehead atoms. The number of thioether (sulfide) groups is 1. The SMILES string of the molecule is CCCCCC(NC1CCSCC1)c1ccccc1. The summed E-state index contributed by atoms with van der Waals surface area (Å²) in [7, 11) is 0. The number of nitrogens with one attached hydrogen (secondary N) is 1.